The maximum Gasteiger partial charge on any atom is 0.222 e. The molecule has 0 atom stereocenters. The molecule has 2 rings (SSSR count). The van der Waals surface area contributed by atoms with E-state index in [1.807, 2.05) is 23.1 Å². The van der Waals surface area contributed by atoms with Gasteiger partial charge in [-0.1, -0.05) is 18.2 Å². The molecule has 0 aromatic heterocycles. The van der Waals surface area contributed by atoms with Crippen LogP contribution in [0.25, 0.3) is 0 Å². The van der Waals surface area contributed by atoms with Crippen LogP contribution < -0.4 is 0 Å². The minimum Gasteiger partial charge on any atom is -0.338 e. The van der Waals surface area contributed by atoms with Crippen LogP contribution in [0.3, 0.4) is 0 Å². The SMILES string of the molecule is N#Cc1ccccc1CN1CCCCC1=O. The van der Waals surface area contributed by atoms with Gasteiger partial charge in [0.1, 0.15) is 0 Å². The Balaban J connectivity index is 2.14. The highest BCUT2D eigenvalue weighted by atomic mass is 16.2. The molecular weight excluding hydrogens is 200 g/mol. The van der Waals surface area contributed by atoms with Crippen molar-refractivity contribution in [3.05, 3.63) is 35.4 Å². The number of amides is 1. The predicted molar refractivity (Wildman–Crippen MR) is 60.4 cm³/mol. The van der Waals surface area contributed by atoms with Crippen LogP contribution in [0, 0.1) is 11.3 Å². The molecule has 3 heteroatoms. The molecule has 0 aliphatic carbocycles. The van der Waals surface area contributed by atoms with Gasteiger partial charge in [0.15, 0.2) is 0 Å². The number of nitrogens with zero attached hydrogens (tertiary/aromatic N) is 2. The fourth-order valence-corrected chi connectivity index (χ4v) is 2.00. The van der Waals surface area contributed by atoms with Crippen molar-refractivity contribution in [2.75, 3.05) is 6.54 Å². The van der Waals surface area contributed by atoms with Crippen LogP contribution in [-0.4, -0.2) is 17.4 Å². The Kier molecular flexibility index (Phi) is 3.21. The Hall–Kier alpha value is -1.82. The summed E-state index contributed by atoms with van der Waals surface area (Å²) in [5.74, 6) is 0.207. The quantitative estimate of drug-likeness (QED) is 0.756. The number of piperidine rings is 1. The van der Waals surface area contributed by atoms with Gasteiger partial charge in [0, 0.05) is 19.5 Å². The lowest BCUT2D eigenvalue weighted by atomic mass is 10.1. The van der Waals surface area contributed by atoms with Crippen LogP contribution in [-0.2, 0) is 11.3 Å². The monoisotopic (exact) mass is 214 g/mol. The largest absolute Gasteiger partial charge is 0.338 e. The highest BCUT2D eigenvalue weighted by Gasteiger charge is 2.18. The van der Waals surface area contributed by atoms with Crippen molar-refractivity contribution in [3.8, 4) is 6.07 Å². The standard InChI is InChI=1S/C13H14N2O/c14-9-11-5-1-2-6-12(11)10-15-8-4-3-7-13(15)16/h1-2,5-6H,3-4,7-8,10H2. The number of benzene rings is 1. The summed E-state index contributed by atoms with van der Waals surface area (Å²) in [4.78, 5) is 13.5. The zero-order valence-electron chi connectivity index (χ0n) is 9.15. The third-order valence-electron chi connectivity index (χ3n) is 2.92. The molecule has 0 saturated carbocycles. The number of hydrogen-bond acceptors (Lipinski definition) is 2. The van der Waals surface area contributed by atoms with E-state index in [9.17, 15) is 4.79 Å². The summed E-state index contributed by atoms with van der Waals surface area (Å²) in [6.07, 6.45) is 2.71. The molecule has 1 amide bonds. The van der Waals surface area contributed by atoms with E-state index >= 15 is 0 Å². The van der Waals surface area contributed by atoms with E-state index in [1.165, 1.54) is 0 Å². The molecule has 1 aromatic rings. The summed E-state index contributed by atoms with van der Waals surface area (Å²) in [7, 11) is 0. The highest BCUT2D eigenvalue weighted by Crippen LogP contribution is 2.16. The molecule has 0 bridgehead atoms. The van der Waals surface area contributed by atoms with E-state index in [0.717, 1.165) is 24.9 Å². The summed E-state index contributed by atoms with van der Waals surface area (Å²) in [6.45, 7) is 1.39. The smallest absolute Gasteiger partial charge is 0.222 e. The number of carbonyl (C=O) groups excluding carboxylic acids is 1. The van der Waals surface area contributed by atoms with Gasteiger partial charge < -0.3 is 4.90 Å². The fourth-order valence-electron chi connectivity index (χ4n) is 2.00. The molecule has 1 aliphatic heterocycles. The van der Waals surface area contributed by atoms with Gasteiger partial charge in [0.05, 0.1) is 11.6 Å². The third-order valence-corrected chi connectivity index (χ3v) is 2.92. The molecule has 0 N–H and O–H groups in total. The Bertz CT molecular complexity index is 434. The lowest BCUT2D eigenvalue weighted by Crippen LogP contribution is -2.34. The Morgan fingerprint density at radius 1 is 1.31 bits per heavy atom. The van der Waals surface area contributed by atoms with Crippen molar-refractivity contribution in [1.29, 1.82) is 5.26 Å². The van der Waals surface area contributed by atoms with Crippen LogP contribution in [0.5, 0.6) is 0 Å². The minimum atomic E-state index is 0.207. The van der Waals surface area contributed by atoms with Crippen LogP contribution in [0.4, 0.5) is 0 Å². The van der Waals surface area contributed by atoms with Gasteiger partial charge in [-0.25, -0.2) is 0 Å². The van der Waals surface area contributed by atoms with Gasteiger partial charge in [0.2, 0.25) is 5.91 Å². The average Bonchev–Trinajstić information content (AvgIpc) is 2.33. The second-order valence-electron chi connectivity index (χ2n) is 4.04. The number of likely N-dealkylation sites (tertiary alicyclic amines) is 1. The molecule has 1 heterocycles. The topological polar surface area (TPSA) is 44.1 Å². The summed E-state index contributed by atoms with van der Waals surface area (Å²) >= 11 is 0. The molecule has 1 fully saturated rings. The molecule has 0 radical (unpaired) electrons. The molecule has 1 aliphatic rings. The maximum absolute atomic E-state index is 11.6. The lowest BCUT2D eigenvalue weighted by Gasteiger charge is -2.27. The van der Waals surface area contributed by atoms with E-state index in [2.05, 4.69) is 6.07 Å². The van der Waals surface area contributed by atoms with Crippen molar-refractivity contribution < 1.29 is 4.79 Å². The first-order chi connectivity index (χ1) is 7.81. The lowest BCUT2D eigenvalue weighted by molar-refractivity contribution is -0.133. The second-order valence-corrected chi connectivity index (χ2v) is 4.04. The van der Waals surface area contributed by atoms with E-state index in [1.54, 1.807) is 6.07 Å². The molecule has 0 unspecified atom stereocenters. The van der Waals surface area contributed by atoms with Gasteiger partial charge in [-0.3, -0.25) is 4.79 Å². The zero-order valence-corrected chi connectivity index (χ0v) is 9.15. The van der Waals surface area contributed by atoms with E-state index < -0.39 is 0 Å². The van der Waals surface area contributed by atoms with Crippen LogP contribution in [0.15, 0.2) is 24.3 Å². The highest BCUT2D eigenvalue weighted by molar-refractivity contribution is 5.76. The Morgan fingerprint density at radius 2 is 2.12 bits per heavy atom. The normalized spacial score (nSPS) is 15.9. The van der Waals surface area contributed by atoms with E-state index in [4.69, 9.17) is 5.26 Å². The summed E-state index contributed by atoms with van der Waals surface area (Å²) < 4.78 is 0. The van der Waals surface area contributed by atoms with Crippen molar-refractivity contribution in [2.24, 2.45) is 0 Å². The predicted octanol–water partition coefficient (Wildman–Crippen LogP) is 2.07. The van der Waals surface area contributed by atoms with Gasteiger partial charge in [0.25, 0.3) is 0 Å². The van der Waals surface area contributed by atoms with Crippen molar-refractivity contribution in [3.63, 3.8) is 0 Å². The zero-order chi connectivity index (χ0) is 11.4. The summed E-state index contributed by atoms with van der Waals surface area (Å²) in [5, 5.41) is 8.96. The maximum atomic E-state index is 11.6. The molecule has 82 valence electrons. The van der Waals surface area contributed by atoms with Gasteiger partial charge >= 0.3 is 0 Å². The molecule has 1 aromatic carbocycles. The molecular formula is C13H14N2O. The van der Waals surface area contributed by atoms with Crippen molar-refractivity contribution >= 4 is 5.91 Å². The number of rotatable bonds is 2. The number of nitriles is 1. The van der Waals surface area contributed by atoms with E-state index in [-0.39, 0.29) is 5.91 Å². The molecule has 0 spiro atoms. The molecule has 3 nitrogen and oxygen atoms in total. The first-order valence-electron chi connectivity index (χ1n) is 5.57. The van der Waals surface area contributed by atoms with Crippen LogP contribution in [0.2, 0.25) is 0 Å². The first-order valence-corrected chi connectivity index (χ1v) is 5.57. The summed E-state index contributed by atoms with van der Waals surface area (Å²) in [6, 6.07) is 9.63. The Labute approximate surface area is 95.3 Å². The Morgan fingerprint density at radius 3 is 2.88 bits per heavy atom. The van der Waals surface area contributed by atoms with Crippen molar-refractivity contribution in [1.82, 2.24) is 4.90 Å². The van der Waals surface area contributed by atoms with Crippen LogP contribution >= 0.6 is 0 Å². The number of carbonyl (C=O) groups is 1. The van der Waals surface area contributed by atoms with Gasteiger partial charge in [-0.2, -0.15) is 5.26 Å². The van der Waals surface area contributed by atoms with Gasteiger partial charge in [-0.15, -0.1) is 0 Å². The van der Waals surface area contributed by atoms with Crippen molar-refractivity contribution in [2.45, 2.75) is 25.8 Å². The van der Waals surface area contributed by atoms with E-state index in [0.29, 0.717) is 18.5 Å². The second kappa shape index (κ2) is 4.80. The average molecular weight is 214 g/mol. The molecule has 1 saturated heterocycles. The number of hydrogen-bond donors (Lipinski definition) is 0. The summed E-state index contributed by atoms with van der Waals surface area (Å²) in [5.41, 5.74) is 1.61. The fraction of sp³-hybridized carbons (Fsp3) is 0.385. The third kappa shape index (κ3) is 2.22. The molecule has 16 heavy (non-hydrogen) atoms. The van der Waals surface area contributed by atoms with Gasteiger partial charge in [-0.05, 0) is 24.5 Å². The minimum absolute atomic E-state index is 0.207. The first kappa shape index (κ1) is 10.7. The van der Waals surface area contributed by atoms with Crippen LogP contribution in [0.1, 0.15) is 30.4 Å².